The summed E-state index contributed by atoms with van der Waals surface area (Å²) in [7, 11) is 1.61. The number of methoxy groups -OCH3 is 1. The summed E-state index contributed by atoms with van der Waals surface area (Å²) in [6.07, 6.45) is 0.439. The molecule has 19 heavy (non-hydrogen) atoms. The maximum atomic E-state index is 11.5. The number of hydrogen-bond acceptors (Lipinski definition) is 3. The normalized spacial score (nSPS) is 12.1. The van der Waals surface area contributed by atoms with Crippen LogP contribution in [0.4, 0.5) is 0 Å². The SMILES string of the molecule is COc1ccccc1O[C@@H](C)CNC(=O)CC(C)C. The first-order valence-corrected chi connectivity index (χ1v) is 6.59. The maximum Gasteiger partial charge on any atom is 0.220 e. The average Bonchev–Trinajstić information content (AvgIpc) is 2.36. The summed E-state index contributed by atoms with van der Waals surface area (Å²) in [5.74, 6) is 1.81. The molecule has 0 heterocycles. The summed E-state index contributed by atoms with van der Waals surface area (Å²) in [6, 6.07) is 7.48. The monoisotopic (exact) mass is 265 g/mol. The van der Waals surface area contributed by atoms with Crippen molar-refractivity contribution in [3.63, 3.8) is 0 Å². The third-order valence-corrected chi connectivity index (χ3v) is 2.58. The molecule has 0 unspecified atom stereocenters. The van der Waals surface area contributed by atoms with E-state index in [0.717, 1.165) is 0 Å². The number of rotatable bonds is 7. The van der Waals surface area contributed by atoms with Gasteiger partial charge in [0.15, 0.2) is 11.5 Å². The molecule has 0 saturated heterocycles. The maximum absolute atomic E-state index is 11.5. The molecule has 1 atom stereocenters. The van der Waals surface area contributed by atoms with Crippen molar-refractivity contribution in [1.29, 1.82) is 0 Å². The molecule has 0 aliphatic carbocycles. The van der Waals surface area contributed by atoms with Gasteiger partial charge in [-0.05, 0) is 25.0 Å². The van der Waals surface area contributed by atoms with Crippen molar-refractivity contribution in [2.45, 2.75) is 33.3 Å². The number of benzene rings is 1. The second-order valence-corrected chi connectivity index (χ2v) is 4.98. The quantitative estimate of drug-likeness (QED) is 0.824. The van der Waals surface area contributed by atoms with Gasteiger partial charge >= 0.3 is 0 Å². The molecular formula is C15H23NO3. The molecule has 1 aromatic rings. The van der Waals surface area contributed by atoms with E-state index in [1.165, 1.54) is 0 Å². The van der Waals surface area contributed by atoms with Crippen LogP contribution in [0.2, 0.25) is 0 Å². The lowest BCUT2D eigenvalue weighted by molar-refractivity contribution is -0.122. The van der Waals surface area contributed by atoms with Gasteiger partial charge in [0, 0.05) is 6.42 Å². The number of nitrogens with one attached hydrogen (secondary N) is 1. The van der Waals surface area contributed by atoms with Crippen LogP contribution < -0.4 is 14.8 Å². The summed E-state index contributed by atoms with van der Waals surface area (Å²) in [4.78, 5) is 11.5. The topological polar surface area (TPSA) is 47.6 Å². The van der Waals surface area contributed by atoms with E-state index in [2.05, 4.69) is 5.32 Å². The third-order valence-electron chi connectivity index (χ3n) is 2.58. The van der Waals surface area contributed by atoms with Crippen LogP contribution in [0.5, 0.6) is 11.5 Å². The average molecular weight is 265 g/mol. The van der Waals surface area contributed by atoms with E-state index < -0.39 is 0 Å². The Morgan fingerprint density at radius 3 is 2.42 bits per heavy atom. The van der Waals surface area contributed by atoms with Gasteiger partial charge in [-0.25, -0.2) is 0 Å². The molecule has 1 N–H and O–H groups in total. The Balaban J connectivity index is 2.42. The van der Waals surface area contributed by atoms with E-state index in [1.54, 1.807) is 7.11 Å². The third kappa shape index (κ3) is 5.64. The van der Waals surface area contributed by atoms with E-state index in [1.807, 2.05) is 45.0 Å². The fourth-order valence-electron chi connectivity index (χ4n) is 1.68. The second-order valence-electron chi connectivity index (χ2n) is 4.98. The Labute approximate surface area is 115 Å². The van der Waals surface area contributed by atoms with Crippen LogP contribution in [0, 0.1) is 5.92 Å². The molecule has 0 aliphatic rings. The summed E-state index contributed by atoms with van der Waals surface area (Å²) in [5.41, 5.74) is 0. The molecule has 0 spiro atoms. The van der Waals surface area contributed by atoms with Gasteiger partial charge < -0.3 is 14.8 Å². The molecule has 0 fully saturated rings. The molecule has 4 heteroatoms. The summed E-state index contributed by atoms with van der Waals surface area (Å²) in [5, 5.41) is 2.87. The molecule has 1 rings (SSSR count). The molecule has 0 bridgehead atoms. The number of para-hydroxylation sites is 2. The van der Waals surface area contributed by atoms with Gasteiger partial charge in [0.25, 0.3) is 0 Å². The van der Waals surface area contributed by atoms with Crippen molar-refractivity contribution < 1.29 is 14.3 Å². The molecule has 0 aliphatic heterocycles. The van der Waals surface area contributed by atoms with Crippen LogP contribution in [0.25, 0.3) is 0 Å². The van der Waals surface area contributed by atoms with Crippen molar-refractivity contribution in [2.24, 2.45) is 5.92 Å². The van der Waals surface area contributed by atoms with Crippen molar-refractivity contribution in [2.75, 3.05) is 13.7 Å². The van der Waals surface area contributed by atoms with E-state index in [0.29, 0.717) is 30.4 Å². The standard InChI is InChI=1S/C15H23NO3/c1-11(2)9-15(17)16-10-12(3)19-14-8-6-5-7-13(14)18-4/h5-8,11-12H,9-10H2,1-4H3,(H,16,17)/t12-/m0/s1. The van der Waals surface area contributed by atoms with Crippen LogP contribution in [-0.2, 0) is 4.79 Å². The van der Waals surface area contributed by atoms with Gasteiger partial charge in [-0.2, -0.15) is 0 Å². The van der Waals surface area contributed by atoms with Gasteiger partial charge in [-0.3, -0.25) is 4.79 Å². The van der Waals surface area contributed by atoms with Gasteiger partial charge in [0.05, 0.1) is 13.7 Å². The van der Waals surface area contributed by atoms with Crippen molar-refractivity contribution in [3.8, 4) is 11.5 Å². The van der Waals surface area contributed by atoms with Crippen LogP contribution >= 0.6 is 0 Å². The zero-order chi connectivity index (χ0) is 14.3. The summed E-state index contributed by atoms with van der Waals surface area (Å²) >= 11 is 0. The zero-order valence-corrected chi connectivity index (χ0v) is 12.1. The summed E-state index contributed by atoms with van der Waals surface area (Å²) in [6.45, 7) is 6.45. The molecular weight excluding hydrogens is 242 g/mol. The van der Waals surface area contributed by atoms with Crippen molar-refractivity contribution in [3.05, 3.63) is 24.3 Å². The highest BCUT2D eigenvalue weighted by Crippen LogP contribution is 2.26. The first kappa shape index (κ1) is 15.3. The Morgan fingerprint density at radius 2 is 1.84 bits per heavy atom. The minimum absolute atomic E-state index is 0.0606. The fourth-order valence-corrected chi connectivity index (χ4v) is 1.68. The number of hydrogen-bond donors (Lipinski definition) is 1. The van der Waals surface area contributed by atoms with E-state index in [4.69, 9.17) is 9.47 Å². The fraction of sp³-hybridized carbons (Fsp3) is 0.533. The zero-order valence-electron chi connectivity index (χ0n) is 12.1. The van der Waals surface area contributed by atoms with Crippen molar-refractivity contribution >= 4 is 5.91 Å². The van der Waals surface area contributed by atoms with E-state index in [-0.39, 0.29) is 12.0 Å². The van der Waals surface area contributed by atoms with Crippen LogP contribution in [0.15, 0.2) is 24.3 Å². The number of carbonyl (C=O) groups is 1. The van der Waals surface area contributed by atoms with E-state index in [9.17, 15) is 4.79 Å². The van der Waals surface area contributed by atoms with Crippen LogP contribution in [0.3, 0.4) is 0 Å². The molecule has 1 amide bonds. The highest BCUT2D eigenvalue weighted by molar-refractivity contribution is 5.76. The minimum atomic E-state index is -0.104. The summed E-state index contributed by atoms with van der Waals surface area (Å²) < 4.78 is 11.0. The lowest BCUT2D eigenvalue weighted by Gasteiger charge is -2.17. The lowest BCUT2D eigenvalue weighted by atomic mass is 10.1. The van der Waals surface area contributed by atoms with Crippen molar-refractivity contribution in [1.82, 2.24) is 5.32 Å². The molecule has 0 aromatic heterocycles. The van der Waals surface area contributed by atoms with Gasteiger partial charge in [-0.1, -0.05) is 26.0 Å². The predicted octanol–water partition coefficient (Wildman–Crippen LogP) is 2.62. The first-order chi connectivity index (χ1) is 9.02. The molecule has 106 valence electrons. The van der Waals surface area contributed by atoms with Gasteiger partial charge in [0.2, 0.25) is 5.91 Å². The second kappa shape index (κ2) is 7.67. The molecule has 0 saturated carbocycles. The number of ether oxygens (including phenoxy) is 2. The number of amides is 1. The smallest absolute Gasteiger partial charge is 0.220 e. The minimum Gasteiger partial charge on any atom is -0.493 e. The van der Waals surface area contributed by atoms with Crippen LogP contribution in [0.1, 0.15) is 27.2 Å². The Kier molecular flexibility index (Phi) is 6.19. The largest absolute Gasteiger partial charge is 0.493 e. The lowest BCUT2D eigenvalue weighted by Crippen LogP contribution is -2.34. The first-order valence-electron chi connectivity index (χ1n) is 6.59. The highest BCUT2D eigenvalue weighted by Gasteiger charge is 2.10. The van der Waals surface area contributed by atoms with Gasteiger partial charge in [0.1, 0.15) is 6.10 Å². The Bertz CT molecular complexity index is 404. The Morgan fingerprint density at radius 1 is 1.21 bits per heavy atom. The molecule has 4 nitrogen and oxygen atoms in total. The predicted molar refractivity (Wildman–Crippen MR) is 75.5 cm³/mol. The Hall–Kier alpha value is -1.71. The van der Waals surface area contributed by atoms with Crippen LogP contribution in [-0.4, -0.2) is 25.7 Å². The van der Waals surface area contributed by atoms with Gasteiger partial charge in [-0.15, -0.1) is 0 Å². The highest BCUT2D eigenvalue weighted by atomic mass is 16.5. The number of carbonyl (C=O) groups excluding carboxylic acids is 1. The molecule has 0 radical (unpaired) electrons. The van der Waals surface area contributed by atoms with E-state index >= 15 is 0 Å². The molecule has 1 aromatic carbocycles.